The van der Waals surface area contributed by atoms with E-state index in [0.717, 1.165) is 33.9 Å². The topological polar surface area (TPSA) is 77.6 Å². The molecule has 3 heterocycles. The fourth-order valence-electron chi connectivity index (χ4n) is 3.71. The van der Waals surface area contributed by atoms with Crippen LogP contribution in [0.1, 0.15) is 11.3 Å². The Morgan fingerprint density at radius 1 is 0.857 bits per heavy atom. The van der Waals surface area contributed by atoms with Gasteiger partial charge in [0.25, 0.3) is 0 Å². The van der Waals surface area contributed by atoms with E-state index in [1.165, 1.54) is 6.08 Å². The van der Waals surface area contributed by atoms with E-state index in [-0.39, 0.29) is 5.91 Å². The molecule has 0 aliphatic carbocycles. The molecule has 0 atom stereocenters. The molecule has 0 aliphatic rings. The van der Waals surface area contributed by atoms with E-state index in [1.54, 1.807) is 18.5 Å². The summed E-state index contributed by atoms with van der Waals surface area (Å²) in [6.07, 6.45) is 11.3. The minimum atomic E-state index is -0.169. The first-order valence-corrected chi connectivity index (χ1v) is 11.4. The van der Waals surface area contributed by atoms with Gasteiger partial charge in [-0.3, -0.25) is 9.78 Å². The maximum atomic E-state index is 12.5. The maximum absolute atomic E-state index is 12.5. The number of carbonyl (C=O) groups excluding carboxylic acids is 1. The Kier molecular flexibility index (Phi) is 6.57. The normalized spacial score (nSPS) is 11.1. The van der Waals surface area contributed by atoms with Crippen LogP contribution in [0.25, 0.3) is 28.7 Å². The lowest BCUT2D eigenvalue weighted by atomic mass is 10.1. The van der Waals surface area contributed by atoms with Gasteiger partial charge < -0.3 is 5.32 Å². The molecule has 0 unspecified atom stereocenters. The van der Waals surface area contributed by atoms with Crippen LogP contribution in [-0.4, -0.2) is 37.0 Å². The van der Waals surface area contributed by atoms with Gasteiger partial charge in [0.2, 0.25) is 5.91 Å². The van der Waals surface area contributed by atoms with Crippen LogP contribution in [0, 0.1) is 0 Å². The predicted octanol–water partition coefficient (Wildman–Crippen LogP) is 4.49. The number of nitrogens with zero attached hydrogens (tertiary/aromatic N) is 5. The molecule has 5 rings (SSSR count). The van der Waals surface area contributed by atoms with Gasteiger partial charge in [0.1, 0.15) is 5.69 Å². The highest BCUT2D eigenvalue weighted by atomic mass is 16.1. The first-order chi connectivity index (χ1) is 17.3. The summed E-state index contributed by atoms with van der Waals surface area (Å²) in [5.41, 5.74) is 5.34. The standard InChI is InChI=1S/C28H24N6O/c35-27(30-18-15-24-16-19-33(31-24)25-9-3-1-4-10-25)14-13-23-21-34(26-11-5-2-6-12-26)32-28(23)22-8-7-17-29-20-22/h1-14,16-17,19-21H,15,18H2,(H,30,35)/b14-13+. The van der Waals surface area contributed by atoms with E-state index in [1.807, 2.05) is 101 Å². The number of amides is 1. The third-order valence-electron chi connectivity index (χ3n) is 5.46. The van der Waals surface area contributed by atoms with Crippen LogP contribution in [0.5, 0.6) is 0 Å². The molecule has 0 bridgehead atoms. The van der Waals surface area contributed by atoms with Gasteiger partial charge in [0.15, 0.2) is 0 Å². The SMILES string of the molecule is O=C(/C=C/c1cn(-c2ccccc2)nc1-c1cccnc1)NCCc1ccn(-c2ccccc2)n1. The van der Waals surface area contributed by atoms with Crippen molar-refractivity contribution in [2.24, 2.45) is 0 Å². The monoisotopic (exact) mass is 460 g/mol. The summed E-state index contributed by atoms with van der Waals surface area (Å²) in [7, 11) is 0. The van der Waals surface area contributed by atoms with Gasteiger partial charge in [-0.15, -0.1) is 0 Å². The smallest absolute Gasteiger partial charge is 0.244 e. The minimum Gasteiger partial charge on any atom is -0.352 e. The Balaban J connectivity index is 1.25. The number of hydrogen-bond acceptors (Lipinski definition) is 4. The second-order valence-electron chi connectivity index (χ2n) is 7.92. The Hall–Kier alpha value is -4.78. The van der Waals surface area contributed by atoms with Crippen molar-refractivity contribution in [3.63, 3.8) is 0 Å². The van der Waals surface area contributed by atoms with Crippen LogP contribution in [0.2, 0.25) is 0 Å². The second-order valence-corrected chi connectivity index (χ2v) is 7.92. The molecule has 0 saturated heterocycles. The van der Waals surface area contributed by atoms with E-state index >= 15 is 0 Å². The summed E-state index contributed by atoms with van der Waals surface area (Å²) in [5.74, 6) is -0.169. The van der Waals surface area contributed by atoms with Crippen LogP contribution in [0.3, 0.4) is 0 Å². The van der Waals surface area contributed by atoms with Crippen molar-refractivity contribution in [1.82, 2.24) is 29.9 Å². The highest BCUT2D eigenvalue weighted by Crippen LogP contribution is 2.24. The number of benzene rings is 2. The molecule has 0 saturated carbocycles. The molecule has 0 radical (unpaired) electrons. The van der Waals surface area contributed by atoms with Crippen LogP contribution < -0.4 is 5.32 Å². The van der Waals surface area contributed by atoms with Gasteiger partial charge in [-0.05, 0) is 48.5 Å². The molecule has 1 amide bonds. The summed E-state index contributed by atoms with van der Waals surface area (Å²) in [4.78, 5) is 16.7. The van der Waals surface area contributed by atoms with Crippen molar-refractivity contribution >= 4 is 12.0 Å². The van der Waals surface area contributed by atoms with Crippen molar-refractivity contribution in [3.8, 4) is 22.6 Å². The molecule has 7 nitrogen and oxygen atoms in total. The number of rotatable bonds is 8. The molecule has 0 aliphatic heterocycles. The average molecular weight is 461 g/mol. The molecule has 0 spiro atoms. The molecule has 172 valence electrons. The summed E-state index contributed by atoms with van der Waals surface area (Å²) in [6.45, 7) is 0.494. The van der Waals surface area contributed by atoms with Gasteiger partial charge >= 0.3 is 0 Å². The first-order valence-electron chi connectivity index (χ1n) is 11.4. The van der Waals surface area contributed by atoms with Crippen LogP contribution >= 0.6 is 0 Å². The molecular weight excluding hydrogens is 436 g/mol. The predicted molar refractivity (Wildman–Crippen MR) is 136 cm³/mol. The van der Waals surface area contributed by atoms with E-state index in [9.17, 15) is 4.79 Å². The summed E-state index contributed by atoms with van der Waals surface area (Å²) < 4.78 is 3.64. The van der Waals surface area contributed by atoms with Crippen molar-refractivity contribution in [2.75, 3.05) is 6.54 Å². The molecule has 1 N–H and O–H groups in total. The lowest BCUT2D eigenvalue weighted by molar-refractivity contribution is -0.116. The summed E-state index contributed by atoms with van der Waals surface area (Å²) >= 11 is 0. The zero-order valence-corrected chi connectivity index (χ0v) is 19.0. The highest BCUT2D eigenvalue weighted by Gasteiger charge is 2.11. The Morgan fingerprint density at radius 2 is 1.60 bits per heavy atom. The zero-order chi connectivity index (χ0) is 23.9. The molecule has 7 heteroatoms. The molecule has 35 heavy (non-hydrogen) atoms. The molecule has 2 aromatic carbocycles. The van der Waals surface area contributed by atoms with Crippen LogP contribution in [0.4, 0.5) is 0 Å². The third kappa shape index (κ3) is 5.42. The lowest BCUT2D eigenvalue weighted by Gasteiger charge is -2.01. The first kappa shape index (κ1) is 22.0. The number of pyridine rings is 1. The molecule has 0 fully saturated rings. The van der Waals surface area contributed by atoms with Crippen molar-refractivity contribution in [3.05, 3.63) is 121 Å². The van der Waals surface area contributed by atoms with Crippen molar-refractivity contribution in [2.45, 2.75) is 6.42 Å². The second kappa shape index (κ2) is 10.4. The van der Waals surface area contributed by atoms with Gasteiger partial charge in [-0.2, -0.15) is 10.2 Å². The summed E-state index contributed by atoms with van der Waals surface area (Å²) in [5, 5.41) is 12.3. The zero-order valence-electron chi connectivity index (χ0n) is 19.0. The minimum absolute atomic E-state index is 0.169. The lowest BCUT2D eigenvalue weighted by Crippen LogP contribution is -2.23. The Labute approximate surface area is 203 Å². The number of hydrogen-bond donors (Lipinski definition) is 1. The van der Waals surface area contributed by atoms with E-state index in [4.69, 9.17) is 5.10 Å². The van der Waals surface area contributed by atoms with Gasteiger partial charge in [0, 0.05) is 55.0 Å². The van der Waals surface area contributed by atoms with Crippen LogP contribution in [-0.2, 0) is 11.2 Å². The Morgan fingerprint density at radius 3 is 2.31 bits per heavy atom. The summed E-state index contributed by atoms with van der Waals surface area (Å²) in [6, 6.07) is 25.6. The highest BCUT2D eigenvalue weighted by molar-refractivity contribution is 5.92. The van der Waals surface area contributed by atoms with E-state index < -0.39 is 0 Å². The van der Waals surface area contributed by atoms with E-state index in [2.05, 4.69) is 15.4 Å². The third-order valence-corrected chi connectivity index (χ3v) is 5.46. The van der Waals surface area contributed by atoms with E-state index in [0.29, 0.717) is 13.0 Å². The quantitative estimate of drug-likeness (QED) is 0.346. The molecular formula is C28H24N6O. The number of para-hydroxylation sites is 2. The number of carbonyl (C=O) groups is 1. The van der Waals surface area contributed by atoms with Gasteiger partial charge in [0.05, 0.1) is 17.1 Å². The maximum Gasteiger partial charge on any atom is 0.244 e. The van der Waals surface area contributed by atoms with Crippen molar-refractivity contribution < 1.29 is 4.79 Å². The fraction of sp³-hybridized carbons (Fsp3) is 0.0714. The van der Waals surface area contributed by atoms with Gasteiger partial charge in [-0.1, -0.05) is 36.4 Å². The fourth-order valence-corrected chi connectivity index (χ4v) is 3.71. The molecule has 5 aromatic rings. The van der Waals surface area contributed by atoms with Gasteiger partial charge in [-0.25, -0.2) is 9.36 Å². The van der Waals surface area contributed by atoms with Crippen LogP contribution in [0.15, 0.2) is 110 Å². The van der Waals surface area contributed by atoms with Crippen molar-refractivity contribution in [1.29, 1.82) is 0 Å². The average Bonchev–Trinajstić information content (AvgIpc) is 3.57. The Bertz CT molecular complexity index is 1420. The largest absolute Gasteiger partial charge is 0.352 e. The molecule has 3 aromatic heterocycles. The number of nitrogens with one attached hydrogen (secondary N) is 1. The number of aromatic nitrogens is 5.